The van der Waals surface area contributed by atoms with E-state index in [1.54, 1.807) is 0 Å². The summed E-state index contributed by atoms with van der Waals surface area (Å²) >= 11 is 0. The highest BCUT2D eigenvalue weighted by Gasteiger charge is 2.18. The van der Waals surface area contributed by atoms with E-state index >= 15 is 0 Å². The molecule has 0 aromatic carbocycles. The minimum atomic E-state index is 0.613. The molecule has 1 rings (SSSR count). The van der Waals surface area contributed by atoms with Crippen molar-refractivity contribution in [2.24, 2.45) is 11.8 Å². The average Bonchev–Trinajstić information content (AvgIpc) is 2.53. The van der Waals surface area contributed by atoms with Crippen LogP contribution >= 0.6 is 0 Å². The number of hydrogen-bond donors (Lipinski definition) is 1. The smallest absolute Gasteiger partial charge is 0.0495 e. The molecule has 0 saturated carbocycles. The molecular formula is C11H23NO. The monoisotopic (exact) mass is 185 g/mol. The van der Waals surface area contributed by atoms with E-state index in [0.717, 1.165) is 31.6 Å². The van der Waals surface area contributed by atoms with Crippen LogP contribution in [0.25, 0.3) is 0 Å². The first kappa shape index (κ1) is 11.0. The second kappa shape index (κ2) is 5.61. The topological polar surface area (TPSA) is 21.3 Å². The predicted octanol–water partition coefficient (Wildman–Crippen LogP) is 2.05. The molecule has 1 N–H and O–H groups in total. The van der Waals surface area contributed by atoms with Crippen LogP contribution in [0.3, 0.4) is 0 Å². The van der Waals surface area contributed by atoms with Gasteiger partial charge in [-0.2, -0.15) is 0 Å². The Balaban J connectivity index is 2.05. The Morgan fingerprint density at radius 3 is 2.69 bits per heavy atom. The quantitative estimate of drug-likeness (QED) is 0.708. The molecule has 1 aliphatic rings. The summed E-state index contributed by atoms with van der Waals surface area (Å²) in [5.74, 6) is 1.61. The Kier molecular flexibility index (Phi) is 4.74. The Bertz CT molecular complexity index is 130. The Labute approximate surface area is 82.0 Å². The van der Waals surface area contributed by atoms with Crippen LogP contribution in [0, 0.1) is 11.8 Å². The molecule has 1 aliphatic heterocycles. The van der Waals surface area contributed by atoms with Gasteiger partial charge in [0, 0.05) is 19.3 Å². The molecule has 0 aliphatic carbocycles. The van der Waals surface area contributed by atoms with Gasteiger partial charge in [-0.25, -0.2) is 0 Å². The fraction of sp³-hybridized carbons (Fsp3) is 1.00. The first-order valence-electron chi connectivity index (χ1n) is 5.49. The molecule has 2 unspecified atom stereocenters. The molecule has 0 aromatic rings. The van der Waals surface area contributed by atoms with E-state index in [1.807, 2.05) is 0 Å². The van der Waals surface area contributed by atoms with Crippen molar-refractivity contribution in [3.63, 3.8) is 0 Å². The normalized spacial score (nSPS) is 25.4. The van der Waals surface area contributed by atoms with E-state index in [4.69, 9.17) is 4.74 Å². The van der Waals surface area contributed by atoms with Gasteiger partial charge in [0.15, 0.2) is 0 Å². The van der Waals surface area contributed by atoms with Crippen LogP contribution in [-0.4, -0.2) is 25.8 Å². The molecule has 0 aromatic heterocycles. The molecule has 13 heavy (non-hydrogen) atoms. The van der Waals surface area contributed by atoms with E-state index in [-0.39, 0.29) is 0 Å². The summed E-state index contributed by atoms with van der Waals surface area (Å²) in [6, 6.07) is 0.613. The molecule has 0 amide bonds. The van der Waals surface area contributed by atoms with Crippen LogP contribution in [0.1, 0.15) is 33.6 Å². The maximum Gasteiger partial charge on any atom is 0.0495 e. The van der Waals surface area contributed by atoms with Crippen molar-refractivity contribution >= 4 is 0 Å². The number of ether oxygens (including phenoxy) is 1. The van der Waals surface area contributed by atoms with Gasteiger partial charge in [0.05, 0.1) is 0 Å². The first-order chi connectivity index (χ1) is 6.18. The zero-order valence-electron chi connectivity index (χ0n) is 9.18. The van der Waals surface area contributed by atoms with E-state index in [2.05, 4.69) is 26.1 Å². The van der Waals surface area contributed by atoms with E-state index in [0.29, 0.717) is 6.04 Å². The van der Waals surface area contributed by atoms with Crippen molar-refractivity contribution in [2.45, 2.75) is 39.7 Å². The van der Waals surface area contributed by atoms with Gasteiger partial charge in [-0.05, 0) is 31.2 Å². The van der Waals surface area contributed by atoms with Crippen LogP contribution in [-0.2, 0) is 4.74 Å². The van der Waals surface area contributed by atoms with Crippen molar-refractivity contribution in [1.82, 2.24) is 5.32 Å². The van der Waals surface area contributed by atoms with Crippen molar-refractivity contribution in [3.05, 3.63) is 0 Å². The van der Waals surface area contributed by atoms with Crippen LogP contribution < -0.4 is 5.32 Å². The lowest BCUT2D eigenvalue weighted by atomic mass is 9.95. The molecule has 0 bridgehead atoms. The summed E-state index contributed by atoms with van der Waals surface area (Å²) in [7, 11) is 0. The molecular weight excluding hydrogens is 162 g/mol. The molecule has 1 saturated heterocycles. The Morgan fingerprint density at radius 1 is 1.38 bits per heavy atom. The SMILES string of the molecule is CC(CNC(C)C)CC1CCOC1. The van der Waals surface area contributed by atoms with Crippen LogP contribution in [0.2, 0.25) is 0 Å². The Morgan fingerprint density at radius 2 is 2.15 bits per heavy atom. The lowest BCUT2D eigenvalue weighted by Crippen LogP contribution is -2.28. The predicted molar refractivity (Wildman–Crippen MR) is 55.8 cm³/mol. The lowest BCUT2D eigenvalue weighted by Gasteiger charge is -2.17. The average molecular weight is 185 g/mol. The molecule has 2 atom stereocenters. The highest BCUT2D eigenvalue weighted by molar-refractivity contribution is 4.69. The summed E-state index contributed by atoms with van der Waals surface area (Å²) in [6.45, 7) is 9.85. The summed E-state index contributed by atoms with van der Waals surface area (Å²) in [4.78, 5) is 0. The molecule has 2 heteroatoms. The fourth-order valence-corrected chi connectivity index (χ4v) is 1.86. The van der Waals surface area contributed by atoms with Crippen molar-refractivity contribution in [1.29, 1.82) is 0 Å². The largest absolute Gasteiger partial charge is 0.381 e. The van der Waals surface area contributed by atoms with Gasteiger partial charge in [-0.3, -0.25) is 0 Å². The van der Waals surface area contributed by atoms with Crippen LogP contribution in [0.5, 0.6) is 0 Å². The van der Waals surface area contributed by atoms with Gasteiger partial charge < -0.3 is 10.1 Å². The minimum Gasteiger partial charge on any atom is -0.381 e. The maximum atomic E-state index is 5.36. The Hall–Kier alpha value is -0.0800. The zero-order valence-corrected chi connectivity index (χ0v) is 9.18. The maximum absolute atomic E-state index is 5.36. The molecule has 1 fully saturated rings. The lowest BCUT2D eigenvalue weighted by molar-refractivity contribution is 0.180. The van der Waals surface area contributed by atoms with Crippen molar-refractivity contribution < 1.29 is 4.74 Å². The molecule has 0 radical (unpaired) electrons. The number of hydrogen-bond acceptors (Lipinski definition) is 2. The minimum absolute atomic E-state index is 0.613. The molecule has 78 valence electrons. The third-order valence-electron chi connectivity index (χ3n) is 2.63. The van der Waals surface area contributed by atoms with Gasteiger partial charge in [-0.1, -0.05) is 20.8 Å². The standard InChI is InChI=1S/C11H23NO/c1-9(2)12-7-10(3)6-11-4-5-13-8-11/h9-12H,4-8H2,1-3H3. The molecule has 1 heterocycles. The summed E-state index contributed by atoms with van der Waals surface area (Å²) < 4.78 is 5.36. The third-order valence-corrected chi connectivity index (χ3v) is 2.63. The highest BCUT2D eigenvalue weighted by Crippen LogP contribution is 2.20. The van der Waals surface area contributed by atoms with Gasteiger partial charge in [0.2, 0.25) is 0 Å². The van der Waals surface area contributed by atoms with Crippen LogP contribution in [0.4, 0.5) is 0 Å². The summed E-state index contributed by atoms with van der Waals surface area (Å²) in [5, 5.41) is 3.48. The van der Waals surface area contributed by atoms with E-state index in [9.17, 15) is 0 Å². The first-order valence-corrected chi connectivity index (χ1v) is 5.49. The van der Waals surface area contributed by atoms with Crippen molar-refractivity contribution in [2.75, 3.05) is 19.8 Å². The van der Waals surface area contributed by atoms with Gasteiger partial charge >= 0.3 is 0 Å². The van der Waals surface area contributed by atoms with Crippen molar-refractivity contribution in [3.8, 4) is 0 Å². The second-order valence-corrected chi connectivity index (χ2v) is 4.63. The van der Waals surface area contributed by atoms with Gasteiger partial charge in [-0.15, -0.1) is 0 Å². The highest BCUT2D eigenvalue weighted by atomic mass is 16.5. The zero-order chi connectivity index (χ0) is 9.68. The van der Waals surface area contributed by atoms with E-state index < -0.39 is 0 Å². The summed E-state index contributed by atoms with van der Waals surface area (Å²) in [5.41, 5.74) is 0. The third kappa shape index (κ3) is 4.63. The van der Waals surface area contributed by atoms with Gasteiger partial charge in [0.25, 0.3) is 0 Å². The van der Waals surface area contributed by atoms with Gasteiger partial charge in [0.1, 0.15) is 0 Å². The number of rotatable bonds is 5. The van der Waals surface area contributed by atoms with E-state index in [1.165, 1.54) is 12.8 Å². The number of nitrogens with one attached hydrogen (secondary N) is 1. The second-order valence-electron chi connectivity index (χ2n) is 4.63. The summed E-state index contributed by atoms with van der Waals surface area (Å²) in [6.07, 6.45) is 2.59. The fourth-order valence-electron chi connectivity index (χ4n) is 1.86. The molecule has 2 nitrogen and oxygen atoms in total. The molecule has 0 spiro atoms. The van der Waals surface area contributed by atoms with Crippen LogP contribution in [0.15, 0.2) is 0 Å².